The van der Waals surface area contributed by atoms with Gasteiger partial charge < -0.3 is 15.1 Å². The average Bonchev–Trinajstić information content (AvgIpc) is 3.30. The Morgan fingerprint density at radius 1 is 1.19 bits per heavy atom. The van der Waals surface area contributed by atoms with Crippen LogP contribution in [-0.4, -0.2) is 48.5 Å². The van der Waals surface area contributed by atoms with Gasteiger partial charge in [-0.15, -0.1) is 0 Å². The van der Waals surface area contributed by atoms with Crippen LogP contribution in [0.15, 0.2) is 18.3 Å². The molecule has 0 radical (unpaired) electrons. The van der Waals surface area contributed by atoms with Crippen LogP contribution >= 0.6 is 0 Å². The Kier molecular flexibility index (Phi) is 5.44. The topological polar surface area (TPSA) is 48.5 Å². The number of hydrogen-bond donors (Lipinski definition) is 1. The molecule has 3 fully saturated rings. The number of carbonyl (C=O) groups is 1. The minimum absolute atomic E-state index is 0.210. The summed E-state index contributed by atoms with van der Waals surface area (Å²) in [6.07, 6.45) is 8.03. The Balaban J connectivity index is 1.22. The molecule has 1 aromatic heterocycles. The largest absolute Gasteiger partial charge is 0.354 e. The highest BCUT2D eigenvalue weighted by Crippen LogP contribution is 2.49. The van der Waals surface area contributed by atoms with E-state index in [1.54, 1.807) is 0 Å². The summed E-state index contributed by atoms with van der Waals surface area (Å²) in [6, 6.07) is 4.20. The lowest BCUT2D eigenvalue weighted by molar-refractivity contribution is -0.122. The minimum atomic E-state index is 0.210. The molecule has 26 heavy (non-hydrogen) atoms. The van der Waals surface area contributed by atoms with Crippen LogP contribution in [-0.2, 0) is 11.3 Å². The van der Waals surface area contributed by atoms with Crippen molar-refractivity contribution < 1.29 is 4.79 Å². The first-order valence-electron chi connectivity index (χ1n) is 10.4. The highest BCUT2D eigenvalue weighted by atomic mass is 16.1. The molecule has 5 nitrogen and oxygen atoms in total. The van der Waals surface area contributed by atoms with Gasteiger partial charge in [-0.3, -0.25) is 4.79 Å². The van der Waals surface area contributed by atoms with Crippen molar-refractivity contribution in [3.63, 3.8) is 0 Å². The van der Waals surface area contributed by atoms with Gasteiger partial charge >= 0.3 is 0 Å². The summed E-state index contributed by atoms with van der Waals surface area (Å²) in [4.78, 5) is 21.7. The maximum Gasteiger partial charge on any atom is 0.220 e. The van der Waals surface area contributed by atoms with Crippen molar-refractivity contribution in [3.8, 4) is 0 Å². The highest BCUT2D eigenvalue weighted by molar-refractivity contribution is 5.76. The molecule has 4 rings (SSSR count). The molecule has 1 N–H and O–H groups in total. The zero-order valence-corrected chi connectivity index (χ0v) is 16.0. The number of nitrogens with zero attached hydrogens (tertiary/aromatic N) is 3. The van der Waals surface area contributed by atoms with E-state index in [0.717, 1.165) is 55.9 Å². The molecule has 1 amide bonds. The summed E-state index contributed by atoms with van der Waals surface area (Å²) in [6.45, 7) is 8.24. The van der Waals surface area contributed by atoms with Crippen LogP contribution in [0.4, 0.5) is 5.82 Å². The van der Waals surface area contributed by atoms with E-state index >= 15 is 0 Å². The Labute approximate surface area is 157 Å². The van der Waals surface area contributed by atoms with E-state index in [4.69, 9.17) is 0 Å². The molecule has 2 bridgehead atoms. The second kappa shape index (κ2) is 7.95. The predicted octanol–water partition coefficient (Wildman–Crippen LogP) is 2.67. The van der Waals surface area contributed by atoms with E-state index in [9.17, 15) is 4.79 Å². The standard InChI is InChI=1S/C21H32N4O/c1-2-24-7-9-25(10-8-24)20-6-4-17(14-22-20)15-23-21(26)13-19-12-16-3-5-18(19)11-16/h4,6,14,16,18-19H,2-3,5,7-13,15H2,1H3,(H,23,26). The number of aromatic nitrogens is 1. The van der Waals surface area contributed by atoms with Gasteiger partial charge in [0.25, 0.3) is 0 Å². The Morgan fingerprint density at radius 3 is 2.65 bits per heavy atom. The van der Waals surface area contributed by atoms with Gasteiger partial charge in [0.15, 0.2) is 0 Å². The SMILES string of the molecule is CCN1CCN(c2ccc(CNC(=O)CC3CC4CCC3C4)cn2)CC1. The van der Waals surface area contributed by atoms with E-state index in [1.165, 1.54) is 25.7 Å². The summed E-state index contributed by atoms with van der Waals surface area (Å²) in [5.41, 5.74) is 1.09. The van der Waals surface area contributed by atoms with Crippen molar-refractivity contribution in [3.05, 3.63) is 23.9 Å². The first kappa shape index (κ1) is 17.8. The third-order valence-electron chi connectivity index (χ3n) is 6.77. The fourth-order valence-electron chi connectivity index (χ4n) is 5.14. The third-order valence-corrected chi connectivity index (χ3v) is 6.77. The number of rotatable bonds is 6. The van der Waals surface area contributed by atoms with Gasteiger partial charge in [-0.1, -0.05) is 19.4 Å². The second-order valence-corrected chi connectivity index (χ2v) is 8.36. The van der Waals surface area contributed by atoms with E-state index in [0.29, 0.717) is 18.9 Å². The van der Waals surface area contributed by atoms with Gasteiger partial charge in [-0.25, -0.2) is 4.98 Å². The summed E-state index contributed by atoms with van der Waals surface area (Å²) >= 11 is 0. The molecule has 1 aromatic rings. The van der Waals surface area contributed by atoms with Gasteiger partial charge in [-0.2, -0.15) is 0 Å². The van der Waals surface area contributed by atoms with Crippen molar-refractivity contribution in [1.29, 1.82) is 0 Å². The van der Waals surface area contributed by atoms with Crippen molar-refractivity contribution in [1.82, 2.24) is 15.2 Å². The molecule has 2 aliphatic carbocycles. The minimum Gasteiger partial charge on any atom is -0.354 e. The summed E-state index contributed by atoms with van der Waals surface area (Å²) in [5.74, 6) is 3.63. The van der Waals surface area contributed by atoms with Crippen LogP contribution in [0.3, 0.4) is 0 Å². The van der Waals surface area contributed by atoms with E-state index < -0.39 is 0 Å². The molecule has 3 atom stereocenters. The fraction of sp³-hybridized carbons (Fsp3) is 0.714. The smallest absolute Gasteiger partial charge is 0.220 e. The van der Waals surface area contributed by atoms with Crippen molar-refractivity contribution in [2.75, 3.05) is 37.6 Å². The zero-order chi connectivity index (χ0) is 17.9. The van der Waals surface area contributed by atoms with Crippen LogP contribution in [0, 0.1) is 17.8 Å². The van der Waals surface area contributed by atoms with E-state index in [2.05, 4.69) is 39.2 Å². The molecule has 5 heteroatoms. The number of fused-ring (bicyclic) bond motifs is 2. The van der Waals surface area contributed by atoms with Gasteiger partial charge in [0.2, 0.25) is 5.91 Å². The van der Waals surface area contributed by atoms with Gasteiger partial charge in [-0.05, 0) is 55.2 Å². The summed E-state index contributed by atoms with van der Waals surface area (Å²) in [5, 5.41) is 3.10. The fourth-order valence-corrected chi connectivity index (χ4v) is 5.14. The molecular weight excluding hydrogens is 324 g/mol. The Morgan fingerprint density at radius 2 is 2.04 bits per heavy atom. The lowest BCUT2D eigenvalue weighted by Crippen LogP contribution is -2.46. The van der Waals surface area contributed by atoms with Gasteiger partial charge in [0, 0.05) is 45.3 Å². The molecular formula is C21H32N4O. The zero-order valence-electron chi connectivity index (χ0n) is 16.0. The number of hydrogen-bond acceptors (Lipinski definition) is 4. The molecule has 0 spiro atoms. The molecule has 3 unspecified atom stereocenters. The van der Waals surface area contributed by atoms with Crippen molar-refractivity contribution in [2.45, 2.75) is 45.6 Å². The van der Waals surface area contributed by atoms with Crippen LogP contribution in [0.5, 0.6) is 0 Å². The molecule has 3 aliphatic rings. The Bertz CT molecular complexity index is 609. The lowest BCUT2D eigenvalue weighted by Gasteiger charge is -2.34. The van der Waals surface area contributed by atoms with Gasteiger partial charge in [0.05, 0.1) is 0 Å². The normalized spacial score (nSPS) is 28.5. The number of piperazine rings is 1. The van der Waals surface area contributed by atoms with Crippen LogP contribution in [0.1, 0.15) is 44.6 Å². The number of carbonyl (C=O) groups excluding carboxylic acids is 1. The molecule has 2 heterocycles. The highest BCUT2D eigenvalue weighted by Gasteiger charge is 2.40. The maximum atomic E-state index is 12.3. The first-order valence-corrected chi connectivity index (χ1v) is 10.4. The summed E-state index contributed by atoms with van der Waals surface area (Å²) in [7, 11) is 0. The van der Waals surface area contributed by atoms with Crippen molar-refractivity contribution >= 4 is 11.7 Å². The molecule has 142 valence electrons. The number of nitrogens with one attached hydrogen (secondary N) is 1. The maximum absolute atomic E-state index is 12.3. The third kappa shape index (κ3) is 4.03. The predicted molar refractivity (Wildman–Crippen MR) is 104 cm³/mol. The number of anilines is 1. The Hall–Kier alpha value is -1.62. The first-order chi connectivity index (χ1) is 12.7. The lowest BCUT2D eigenvalue weighted by atomic mass is 9.86. The number of pyridine rings is 1. The molecule has 2 saturated carbocycles. The van der Waals surface area contributed by atoms with E-state index in [-0.39, 0.29) is 5.91 Å². The monoisotopic (exact) mass is 356 g/mol. The van der Waals surface area contributed by atoms with Gasteiger partial charge in [0.1, 0.15) is 5.82 Å². The quantitative estimate of drug-likeness (QED) is 0.851. The summed E-state index contributed by atoms with van der Waals surface area (Å²) < 4.78 is 0. The van der Waals surface area contributed by atoms with Crippen molar-refractivity contribution in [2.24, 2.45) is 17.8 Å². The van der Waals surface area contributed by atoms with Crippen LogP contribution in [0.2, 0.25) is 0 Å². The second-order valence-electron chi connectivity index (χ2n) is 8.36. The number of likely N-dealkylation sites (N-methyl/N-ethyl adjacent to an activating group) is 1. The number of amides is 1. The average molecular weight is 357 g/mol. The molecule has 1 aliphatic heterocycles. The molecule has 0 aromatic carbocycles. The van der Waals surface area contributed by atoms with Crippen LogP contribution in [0.25, 0.3) is 0 Å². The van der Waals surface area contributed by atoms with Crippen LogP contribution < -0.4 is 10.2 Å². The van der Waals surface area contributed by atoms with E-state index in [1.807, 2.05) is 6.20 Å². The molecule has 1 saturated heterocycles.